The number of carbonyl (C=O) groups excluding carboxylic acids is 1. The van der Waals surface area contributed by atoms with Gasteiger partial charge < -0.3 is 10.6 Å². The van der Waals surface area contributed by atoms with Crippen LogP contribution >= 0.6 is 15.9 Å². The molecule has 0 aliphatic heterocycles. The summed E-state index contributed by atoms with van der Waals surface area (Å²) in [5, 5.41) is 13.8. The van der Waals surface area contributed by atoms with Crippen LogP contribution in [0.5, 0.6) is 0 Å². The molecule has 20 heavy (non-hydrogen) atoms. The lowest BCUT2D eigenvalue weighted by Gasteiger charge is -2.08. The Labute approximate surface area is 123 Å². The summed E-state index contributed by atoms with van der Waals surface area (Å²) < 4.78 is 13.6. The summed E-state index contributed by atoms with van der Waals surface area (Å²) in [4.78, 5) is 11.7. The Morgan fingerprint density at radius 3 is 2.50 bits per heavy atom. The van der Waals surface area contributed by atoms with E-state index in [0.717, 1.165) is 0 Å². The van der Waals surface area contributed by atoms with Gasteiger partial charge in [0, 0.05) is 11.4 Å². The molecular weight excluding hydrogens is 325 g/mol. The van der Waals surface area contributed by atoms with Crippen molar-refractivity contribution in [3.8, 4) is 6.07 Å². The van der Waals surface area contributed by atoms with Crippen molar-refractivity contribution in [3.63, 3.8) is 0 Å². The Morgan fingerprint density at radius 1 is 1.15 bits per heavy atom. The number of urea groups is 1. The lowest BCUT2D eigenvalue weighted by Crippen LogP contribution is -2.19. The number of rotatable bonds is 2. The van der Waals surface area contributed by atoms with E-state index in [0.29, 0.717) is 21.4 Å². The summed E-state index contributed by atoms with van der Waals surface area (Å²) in [6.45, 7) is 0. The summed E-state index contributed by atoms with van der Waals surface area (Å²) in [5.41, 5.74) is 1.26. The van der Waals surface area contributed by atoms with Gasteiger partial charge in [-0.3, -0.25) is 0 Å². The molecule has 2 aromatic carbocycles. The highest BCUT2D eigenvalue weighted by molar-refractivity contribution is 9.10. The number of hydrogen-bond acceptors (Lipinski definition) is 2. The molecule has 0 radical (unpaired) electrons. The van der Waals surface area contributed by atoms with Crippen LogP contribution in [0.4, 0.5) is 20.6 Å². The minimum atomic E-state index is -0.512. The monoisotopic (exact) mass is 333 g/mol. The normalized spacial score (nSPS) is 9.65. The fourth-order valence-electron chi connectivity index (χ4n) is 1.53. The maximum absolute atomic E-state index is 13.3. The van der Waals surface area contributed by atoms with Crippen LogP contribution in [0.2, 0.25) is 0 Å². The molecule has 2 aromatic rings. The van der Waals surface area contributed by atoms with E-state index in [4.69, 9.17) is 5.26 Å². The number of benzene rings is 2. The van der Waals surface area contributed by atoms with E-state index >= 15 is 0 Å². The van der Waals surface area contributed by atoms with Gasteiger partial charge in [0.05, 0.1) is 16.1 Å². The molecule has 0 bridgehead atoms. The number of nitriles is 1. The molecule has 0 aliphatic carbocycles. The van der Waals surface area contributed by atoms with E-state index in [9.17, 15) is 9.18 Å². The number of nitrogens with one attached hydrogen (secondary N) is 2. The average Bonchev–Trinajstić information content (AvgIpc) is 2.43. The van der Waals surface area contributed by atoms with Gasteiger partial charge in [0.1, 0.15) is 5.82 Å². The largest absolute Gasteiger partial charge is 0.323 e. The molecule has 0 heterocycles. The Balaban J connectivity index is 2.05. The number of hydrogen-bond donors (Lipinski definition) is 2. The molecule has 0 aromatic heterocycles. The van der Waals surface area contributed by atoms with Crippen molar-refractivity contribution in [1.82, 2.24) is 0 Å². The van der Waals surface area contributed by atoms with Crippen LogP contribution in [0.3, 0.4) is 0 Å². The highest BCUT2D eigenvalue weighted by Crippen LogP contribution is 2.19. The van der Waals surface area contributed by atoms with Crippen LogP contribution in [0.25, 0.3) is 0 Å². The summed E-state index contributed by atoms with van der Waals surface area (Å²) in [6, 6.07) is 12.2. The van der Waals surface area contributed by atoms with E-state index in [1.165, 1.54) is 12.1 Å². The molecule has 2 amide bonds. The van der Waals surface area contributed by atoms with Gasteiger partial charge in [-0.2, -0.15) is 5.26 Å². The maximum Gasteiger partial charge on any atom is 0.323 e. The Kier molecular flexibility index (Phi) is 4.33. The average molecular weight is 334 g/mol. The van der Waals surface area contributed by atoms with Crippen molar-refractivity contribution in [1.29, 1.82) is 5.26 Å². The van der Waals surface area contributed by atoms with E-state index in [1.54, 1.807) is 30.3 Å². The van der Waals surface area contributed by atoms with Crippen molar-refractivity contribution in [2.75, 3.05) is 10.6 Å². The van der Waals surface area contributed by atoms with Crippen molar-refractivity contribution in [2.45, 2.75) is 0 Å². The van der Waals surface area contributed by atoms with Gasteiger partial charge in [-0.1, -0.05) is 6.07 Å². The fraction of sp³-hybridized carbons (Fsp3) is 0. The maximum atomic E-state index is 13.3. The van der Waals surface area contributed by atoms with Gasteiger partial charge in [-0.15, -0.1) is 0 Å². The summed E-state index contributed by atoms with van der Waals surface area (Å²) in [6.07, 6.45) is 0. The van der Waals surface area contributed by atoms with Crippen LogP contribution in [0.15, 0.2) is 46.9 Å². The third-order valence-electron chi connectivity index (χ3n) is 2.43. The smallest absolute Gasteiger partial charge is 0.308 e. The number of carbonyl (C=O) groups is 1. The van der Waals surface area contributed by atoms with Gasteiger partial charge in [-0.25, -0.2) is 9.18 Å². The number of amides is 2. The predicted molar refractivity (Wildman–Crippen MR) is 77.9 cm³/mol. The van der Waals surface area contributed by atoms with Crippen molar-refractivity contribution in [3.05, 3.63) is 58.3 Å². The second kappa shape index (κ2) is 6.17. The van der Waals surface area contributed by atoms with Crippen LogP contribution in [0, 0.1) is 17.1 Å². The van der Waals surface area contributed by atoms with Crippen LogP contribution < -0.4 is 10.6 Å². The molecule has 0 unspecified atom stereocenters. The summed E-state index contributed by atoms with van der Waals surface area (Å²) in [5.74, 6) is -0.464. The second-order valence-corrected chi connectivity index (χ2v) is 4.75. The fourth-order valence-corrected chi connectivity index (χ4v) is 1.78. The minimum Gasteiger partial charge on any atom is -0.308 e. The molecule has 0 saturated carbocycles. The van der Waals surface area contributed by atoms with Gasteiger partial charge in [0.15, 0.2) is 0 Å². The molecule has 2 N–H and O–H groups in total. The Bertz CT molecular complexity index is 697. The zero-order valence-corrected chi connectivity index (χ0v) is 11.7. The zero-order chi connectivity index (χ0) is 14.5. The first kappa shape index (κ1) is 14.0. The van der Waals surface area contributed by atoms with Gasteiger partial charge in [0.25, 0.3) is 0 Å². The molecular formula is C14H9BrFN3O. The number of nitrogens with zero attached hydrogens (tertiary/aromatic N) is 1. The lowest BCUT2D eigenvalue weighted by atomic mass is 10.2. The molecule has 2 rings (SSSR count). The topological polar surface area (TPSA) is 64.9 Å². The Hall–Kier alpha value is -2.39. The molecule has 0 spiro atoms. The van der Waals surface area contributed by atoms with E-state index in [1.807, 2.05) is 6.07 Å². The molecule has 0 fully saturated rings. The second-order valence-electron chi connectivity index (χ2n) is 3.90. The predicted octanol–water partition coefficient (Wildman–Crippen LogP) is 4.10. The van der Waals surface area contributed by atoms with Crippen LogP contribution in [0.1, 0.15) is 5.56 Å². The van der Waals surface area contributed by atoms with E-state index in [2.05, 4.69) is 26.6 Å². The SMILES string of the molecule is N#Cc1cccc(NC(=O)Nc2ccc(Br)c(F)c2)c1. The first-order valence-corrected chi connectivity index (χ1v) is 6.41. The standard InChI is InChI=1S/C14H9BrFN3O/c15-12-5-4-11(7-13(12)16)19-14(20)18-10-3-1-2-9(6-10)8-17/h1-7H,(H2,18,19,20). The first-order chi connectivity index (χ1) is 9.58. The first-order valence-electron chi connectivity index (χ1n) is 5.62. The third-order valence-corrected chi connectivity index (χ3v) is 3.07. The van der Waals surface area contributed by atoms with Gasteiger partial charge >= 0.3 is 6.03 Å². The molecule has 100 valence electrons. The highest BCUT2D eigenvalue weighted by atomic mass is 79.9. The molecule has 6 heteroatoms. The van der Waals surface area contributed by atoms with Crippen molar-refractivity contribution >= 4 is 33.3 Å². The Morgan fingerprint density at radius 2 is 1.85 bits per heavy atom. The lowest BCUT2D eigenvalue weighted by molar-refractivity contribution is 0.262. The van der Waals surface area contributed by atoms with Crippen LogP contribution in [-0.4, -0.2) is 6.03 Å². The quantitative estimate of drug-likeness (QED) is 0.868. The number of halogens is 2. The summed E-state index contributed by atoms with van der Waals surface area (Å²) in [7, 11) is 0. The molecule has 0 aliphatic rings. The molecule has 4 nitrogen and oxygen atoms in total. The van der Waals surface area contributed by atoms with Gasteiger partial charge in [-0.05, 0) is 52.3 Å². The third kappa shape index (κ3) is 3.56. The van der Waals surface area contributed by atoms with E-state index in [-0.39, 0.29) is 0 Å². The van der Waals surface area contributed by atoms with E-state index < -0.39 is 11.8 Å². The molecule has 0 saturated heterocycles. The highest BCUT2D eigenvalue weighted by Gasteiger charge is 2.05. The van der Waals surface area contributed by atoms with Crippen molar-refractivity contribution in [2.24, 2.45) is 0 Å². The van der Waals surface area contributed by atoms with Gasteiger partial charge in [0.2, 0.25) is 0 Å². The summed E-state index contributed by atoms with van der Waals surface area (Å²) >= 11 is 3.03. The molecule has 0 atom stereocenters. The van der Waals surface area contributed by atoms with Crippen molar-refractivity contribution < 1.29 is 9.18 Å². The minimum absolute atomic E-state index is 0.324. The zero-order valence-electron chi connectivity index (χ0n) is 10.2. The van der Waals surface area contributed by atoms with Crippen LogP contribution in [-0.2, 0) is 0 Å². The number of anilines is 2.